The van der Waals surface area contributed by atoms with Crippen LogP contribution in [0.25, 0.3) is 16.9 Å². The molecular weight excluding hydrogens is 281 g/mol. The molecule has 1 aromatic carbocycles. The molecule has 0 unspecified atom stereocenters. The standard InChI is InChI=1S/C14H11F3N4/c1-8-5-11-12(19-7-8)21(13(18)20-11)10-4-2-3-9(6-10)14(15,16)17/h2-7H,1H3,(H2,18,20). The first-order valence-corrected chi connectivity index (χ1v) is 6.14. The van der Waals surface area contributed by atoms with Gasteiger partial charge in [0.25, 0.3) is 0 Å². The van der Waals surface area contributed by atoms with E-state index < -0.39 is 11.7 Å². The van der Waals surface area contributed by atoms with Crippen LogP contribution in [0.5, 0.6) is 0 Å². The molecule has 2 aromatic heterocycles. The van der Waals surface area contributed by atoms with Crippen LogP contribution in [0, 0.1) is 6.92 Å². The van der Waals surface area contributed by atoms with Gasteiger partial charge in [-0.15, -0.1) is 0 Å². The number of anilines is 1. The highest BCUT2D eigenvalue weighted by Gasteiger charge is 2.30. The van der Waals surface area contributed by atoms with Crippen LogP contribution in [0.1, 0.15) is 11.1 Å². The normalized spacial score (nSPS) is 12.0. The van der Waals surface area contributed by atoms with Crippen LogP contribution >= 0.6 is 0 Å². The van der Waals surface area contributed by atoms with Gasteiger partial charge < -0.3 is 5.73 Å². The molecule has 2 N–H and O–H groups in total. The molecule has 0 bridgehead atoms. The molecule has 21 heavy (non-hydrogen) atoms. The second kappa shape index (κ2) is 4.47. The van der Waals surface area contributed by atoms with Gasteiger partial charge in [0.05, 0.1) is 11.3 Å². The van der Waals surface area contributed by atoms with Gasteiger partial charge in [0.2, 0.25) is 5.95 Å². The van der Waals surface area contributed by atoms with Crippen LogP contribution in [0.4, 0.5) is 19.1 Å². The third-order valence-corrected chi connectivity index (χ3v) is 3.09. The Bertz CT molecular complexity index is 821. The highest BCUT2D eigenvalue weighted by atomic mass is 19.4. The maximum Gasteiger partial charge on any atom is 0.416 e. The summed E-state index contributed by atoms with van der Waals surface area (Å²) in [4.78, 5) is 8.35. The van der Waals surface area contributed by atoms with Crippen molar-refractivity contribution in [3.05, 3.63) is 47.7 Å². The lowest BCUT2D eigenvalue weighted by atomic mass is 10.2. The number of nitrogens with zero attached hydrogens (tertiary/aromatic N) is 3. The number of nitrogen functional groups attached to an aromatic ring is 1. The molecule has 0 radical (unpaired) electrons. The summed E-state index contributed by atoms with van der Waals surface area (Å²) in [6.45, 7) is 1.85. The van der Waals surface area contributed by atoms with Crippen LogP contribution < -0.4 is 5.73 Å². The summed E-state index contributed by atoms with van der Waals surface area (Å²) in [6.07, 6.45) is -2.79. The van der Waals surface area contributed by atoms with Crippen molar-refractivity contribution in [1.29, 1.82) is 0 Å². The van der Waals surface area contributed by atoms with Crippen molar-refractivity contribution in [1.82, 2.24) is 14.5 Å². The first kappa shape index (κ1) is 13.4. The average molecular weight is 292 g/mol. The number of pyridine rings is 1. The molecule has 0 spiro atoms. The van der Waals surface area contributed by atoms with Crippen molar-refractivity contribution >= 4 is 17.1 Å². The highest BCUT2D eigenvalue weighted by Crippen LogP contribution is 2.31. The van der Waals surface area contributed by atoms with E-state index >= 15 is 0 Å². The quantitative estimate of drug-likeness (QED) is 0.748. The summed E-state index contributed by atoms with van der Waals surface area (Å²) < 4.78 is 39.8. The van der Waals surface area contributed by atoms with Crippen LogP contribution in [-0.4, -0.2) is 14.5 Å². The minimum Gasteiger partial charge on any atom is -0.369 e. The molecule has 0 saturated carbocycles. The molecule has 3 aromatic rings. The van der Waals surface area contributed by atoms with Gasteiger partial charge in [0.1, 0.15) is 5.52 Å². The van der Waals surface area contributed by atoms with E-state index in [9.17, 15) is 13.2 Å². The molecule has 0 aliphatic carbocycles. The summed E-state index contributed by atoms with van der Waals surface area (Å²) in [5, 5.41) is 0. The number of aromatic nitrogens is 3. The molecule has 0 atom stereocenters. The Morgan fingerprint density at radius 1 is 1.19 bits per heavy atom. The molecule has 108 valence electrons. The van der Waals surface area contributed by atoms with Crippen molar-refractivity contribution in [3.63, 3.8) is 0 Å². The molecule has 4 nitrogen and oxygen atoms in total. The molecule has 7 heteroatoms. The summed E-state index contributed by atoms with van der Waals surface area (Å²) in [5.74, 6) is 0.0995. The Morgan fingerprint density at radius 2 is 1.95 bits per heavy atom. The topological polar surface area (TPSA) is 56.7 Å². The van der Waals surface area contributed by atoms with Crippen LogP contribution in [0.3, 0.4) is 0 Å². The van der Waals surface area contributed by atoms with Gasteiger partial charge in [0, 0.05) is 6.20 Å². The Hall–Kier alpha value is -2.57. The molecule has 0 fully saturated rings. The van der Waals surface area contributed by atoms with Crippen LogP contribution in [-0.2, 0) is 6.18 Å². The van der Waals surface area contributed by atoms with Crippen molar-refractivity contribution in [2.24, 2.45) is 0 Å². The lowest BCUT2D eigenvalue weighted by Gasteiger charge is -2.10. The maximum absolute atomic E-state index is 12.8. The lowest BCUT2D eigenvalue weighted by molar-refractivity contribution is -0.137. The summed E-state index contributed by atoms with van der Waals surface area (Å²) in [6, 6.07) is 6.68. The van der Waals surface area contributed by atoms with Crippen LogP contribution in [0.15, 0.2) is 36.5 Å². The molecule has 0 amide bonds. The monoisotopic (exact) mass is 292 g/mol. The predicted molar refractivity (Wildman–Crippen MR) is 73.0 cm³/mol. The molecule has 0 aliphatic heterocycles. The molecule has 0 saturated heterocycles. The zero-order chi connectivity index (χ0) is 15.2. The van der Waals surface area contributed by atoms with Gasteiger partial charge in [-0.05, 0) is 36.8 Å². The minimum atomic E-state index is -4.41. The molecular formula is C14H11F3N4. The first-order valence-electron chi connectivity index (χ1n) is 6.14. The van der Waals surface area contributed by atoms with Gasteiger partial charge in [-0.25, -0.2) is 9.97 Å². The number of imidazole rings is 1. The second-order valence-electron chi connectivity index (χ2n) is 4.71. The van der Waals surface area contributed by atoms with Gasteiger partial charge in [-0.3, -0.25) is 4.57 Å². The average Bonchev–Trinajstić information content (AvgIpc) is 2.73. The van der Waals surface area contributed by atoms with E-state index in [2.05, 4.69) is 9.97 Å². The zero-order valence-electron chi connectivity index (χ0n) is 11.0. The smallest absolute Gasteiger partial charge is 0.369 e. The van der Waals surface area contributed by atoms with Crippen molar-refractivity contribution in [2.75, 3.05) is 5.73 Å². The van der Waals surface area contributed by atoms with Crippen molar-refractivity contribution in [3.8, 4) is 5.69 Å². The second-order valence-corrected chi connectivity index (χ2v) is 4.71. The Balaban J connectivity index is 2.23. The number of fused-ring (bicyclic) bond motifs is 1. The fourth-order valence-corrected chi connectivity index (χ4v) is 2.16. The number of aryl methyl sites for hydroxylation is 1. The molecule has 3 rings (SSSR count). The largest absolute Gasteiger partial charge is 0.416 e. The Morgan fingerprint density at radius 3 is 2.67 bits per heavy atom. The van der Waals surface area contributed by atoms with Crippen LogP contribution in [0.2, 0.25) is 0 Å². The first-order chi connectivity index (χ1) is 9.86. The third-order valence-electron chi connectivity index (χ3n) is 3.09. The number of benzene rings is 1. The Labute approximate surface area is 118 Å². The van der Waals surface area contributed by atoms with Gasteiger partial charge in [0.15, 0.2) is 5.65 Å². The van der Waals surface area contributed by atoms with Gasteiger partial charge >= 0.3 is 6.18 Å². The maximum atomic E-state index is 12.8. The van der Waals surface area contributed by atoms with Crippen molar-refractivity contribution in [2.45, 2.75) is 13.1 Å². The fraction of sp³-hybridized carbons (Fsp3) is 0.143. The summed E-state index contributed by atoms with van der Waals surface area (Å²) in [5.41, 5.74) is 7.24. The lowest BCUT2D eigenvalue weighted by Crippen LogP contribution is -2.07. The highest BCUT2D eigenvalue weighted by molar-refractivity contribution is 5.77. The van der Waals surface area contributed by atoms with Gasteiger partial charge in [-0.2, -0.15) is 13.2 Å². The number of alkyl halides is 3. The van der Waals surface area contributed by atoms with E-state index in [0.717, 1.165) is 17.7 Å². The Kier molecular flexibility index (Phi) is 2.86. The van der Waals surface area contributed by atoms with Crippen molar-refractivity contribution < 1.29 is 13.2 Å². The van der Waals surface area contributed by atoms with E-state index in [0.29, 0.717) is 11.2 Å². The van der Waals surface area contributed by atoms with E-state index in [1.54, 1.807) is 12.3 Å². The molecule has 0 aliphatic rings. The number of rotatable bonds is 1. The molecule has 2 heterocycles. The van der Waals surface area contributed by atoms with E-state index in [1.165, 1.54) is 16.7 Å². The number of halogens is 3. The third kappa shape index (κ3) is 2.31. The van der Waals surface area contributed by atoms with Gasteiger partial charge in [-0.1, -0.05) is 6.07 Å². The minimum absolute atomic E-state index is 0.0995. The SMILES string of the molecule is Cc1cnc2c(c1)nc(N)n2-c1cccc(C(F)(F)F)c1. The van der Waals surface area contributed by atoms with E-state index in [1.807, 2.05) is 6.92 Å². The van der Waals surface area contributed by atoms with E-state index in [4.69, 9.17) is 5.73 Å². The van der Waals surface area contributed by atoms with E-state index in [-0.39, 0.29) is 11.6 Å². The zero-order valence-corrected chi connectivity index (χ0v) is 11.0. The predicted octanol–water partition coefficient (Wildman–Crippen LogP) is 3.33. The number of nitrogens with two attached hydrogens (primary N) is 1. The summed E-state index contributed by atoms with van der Waals surface area (Å²) in [7, 11) is 0. The fourth-order valence-electron chi connectivity index (χ4n) is 2.16. The number of hydrogen-bond acceptors (Lipinski definition) is 3. The summed E-state index contributed by atoms with van der Waals surface area (Å²) >= 11 is 0. The number of hydrogen-bond donors (Lipinski definition) is 1.